The molecule has 0 aromatic carbocycles. The lowest BCUT2D eigenvalue weighted by atomic mass is 9.91. The maximum atomic E-state index is 12.0. The molecular formula is C13H24N2O2. The van der Waals surface area contributed by atoms with E-state index in [4.69, 9.17) is 4.74 Å². The summed E-state index contributed by atoms with van der Waals surface area (Å²) in [6.45, 7) is 6.84. The van der Waals surface area contributed by atoms with Gasteiger partial charge < -0.3 is 10.1 Å². The van der Waals surface area contributed by atoms with Crippen molar-refractivity contribution in [2.75, 3.05) is 45.9 Å². The summed E-state index contributed by atoms with van der Waals surface area (Å²) < 4.78 is 5.31. The lowest BCUT2D eigenvalue weighted by Gasteiger charge is -2.27. The monoisotopic (exact) mass is 240 g/mol. The Kier molecular flexibility index (Phi) is 5.42. The van der Waals surface area contributed by atoms with Gasteiger partial charge in [-0.3, -0.25) is 9.69 Å². The predicted molar refractivity (Wildman–Crippen MR) is 67.1 cm³/mol. The zero-order chi connectivity index (χ0) is 11.9. The molecule has 4 nitrogen and oxygen atoms in total. The molecule has 0 spiro atoms. The van der Waals surface area contributed by atoms with E-state index < -0.39 is 0 Å². The number of morpholine rings is 1. The molecular weight excluding hydrogens is 216 g/mol. The minimum Gasteiger partial charge on any atom is -0.379 e. The Bertz CT molecular complexity index is 234. The molecule has 1 N–H and O–H groups in total. The SMILES string of the molecule is O=C(CCCN1CCOCC1)C1CCNCC1. The smallest absolute Gasteiger partial charge is 0.136 e. The topological polar surface area (TPSA) is 41.6 Å². The summed E-state index contributed by atoms with van der Waals surface area (Å²) in [6, 6.07) is 0. The Hall–Kier alpha value is -0.450. The minimum atomic E-state index is 0.334. The lowest BCUT2D eigenvalue weighted by Crippen LogP contribution is -2.37. The van der Waals surface area contributed by atoms with Gasteiger partial charge in [0.2, 0.25) is 0 Å². The molecule has 2 aliphatic rings. The Labute approximate surface area is 104 Å². The second-order valence-electron chi connectivity index (χ2n) is 5.05. The van der Waals surface area contributed by atoms with E-state index in [0.717, 1.165) is 71.6 Å². The molecule has 4 heteroatoms. The van der Waals surface area contributed by atoms with Gasteiger partial charge in [-0.1, -0.05) is 0 Å². The summed E-state index contributed by atoms with van der Waals surface area (Å²) in [5, 5.41) is 3.30. The van der Waals surface area contributed by atoms with Gasteiger partial charge in [-0.15, -0.1) is 0 Å². The first kappa shape index (κ1) is 13.0. The largest absolute Gasteiger partial charge is 0.379 e. The van der Waals surface area contributed by atoms with Crippen LogP contribution in [-0.2, 0) is 9.53 Å². The molecule has 0 aromatic rings. The van der Waals surface area contributed by atoms with Crippen LogP contribution in [0.1, 0.15) is 25.7 Å². The maximum absolute atomic E-state index is 12.0. The predicted octanol–water partition coefficient (Wildman–Crippen LogP) is 0.668. The molecule has 0 saturated carbocycles. The normalized spacial score (nSPS) is 23.8. The van der Waals surface area contributed by atoms with Crippen LogP contribution in [0.5, 0.6) is 0 Å². The number of carbonyl (C=O) groups excluding carboxylic acids is 1. The fourth-order valence-electron chi connectivity index (χ4n) is 2.65. The van der Waals surface area contributed by atoms with Crippen LogP contribution in [-0.4, -0.2) is 56.6 Å². The molecule has 0 bridgehead atoms. The van der Waals surface area contributed by atoms with E-state index in [0.29, 0.717) is 11.7 Å². The highest BCUT2D eigenvalue weighted by atomic mass is 16.5. The summed E-state index contributed by atoms with van der Waals surface area (Å²) in [5.41, 5.74) is 0. The number of Topliss-reactive ketones (excluding diaryl/α,β-unsaturated/α-hetero) is 1. The van der Waals surface area contributed by atoms with Crippen LogP contribution in [0.2, 0.25) is 0 Å². The van der Waals surface area contributed by atoms with Crippen molar-refractivity contribution in [1.82, 2.24) is 10.2 Å². The molecule has 0 atom stereocenters. The van der Waals surface area contributed by atoms with E-state index >= 15 is 0 Å². The van der Waals surface area contributed by atoms with Crippen molar-refractivity contribution in [2.24, 2.45) is 5.92 Å². The quantitative estimate of drug-likeness (QED) is 0.767. The molecule has 2 rings (SSSR count). The van der Waals surface area contributed by atoms with Crippen LogP contribution < -0.4 is 5.32 Å². The van der Waals surface area contributed by atoms with Crippen LogP contribution in [0.3, 0.4) is 0 Å². The van der Waals surface area contributed by atoms with E-state index in [1.54, 1.807) is 0 Å². The van der Waals surface area contributed by atoms with Crippen molar-refractivity contribution in [1.29, 1.82) is 0 Å². The second kappa shape index (κ2) is 7.09. The first-order valence-corrected chi connectivity index (χ1v) is 6.90. The summed E-state index contributed by atoms with van der Waals surface area (Å²) in [5.74, 6) is 0.820. The fraction of sp³-hybridized carbons (Fsp3) is 0.923. The third kappa shape index (κ3) is 4.37. The second-order valence-corrected chi connectivity index (χ2v) is 5.05. The highest BCUT2D eigenvalue weighted by molar-refractivity contribution is 5.81. The van der Waals surface area contributed by atoms with E-state index in [1.807, 2.05) is 0 Å². The number of nitrogens with zero attached hydrogens (tertiary/aromatic N) is 1. The number of piperidine rings is 1. The summed E-state index contributed by atoms with van der Waals surface area (Å²) in [4.78, 5) is 14.4. The van der Waals surface area contributed by atoms with Gasteiger partial charge in [0.15, 0.2) is 0 Å². The van der Waals surface area contributed by atoms with Crippen LogP contribution in [0.25, 0.3) is 0 Å². The summed E-state index contributed by atoms with van der Waals surface area (Å²) >= 11 is 0. The summed E-state index contributed by atoms with van der Waals surface area (Å²) in [7, 11) is 0. The average Bonchev–Trinajstić information content (AvgIpc) is 2.41. The van der Waals surface area contributed by atoms with Gasteiger partial charge in [0.05, 0.1) is 13.2 Å². The number of rotatable bonds is 5. The van der Waals surface area contributed by atoms with E-state index in [1.165, 1.54) is 0 Å². The zero-order valence-electron chi connectivity index (χ0n) is 10.6. The standard InChI is InChI=1S/C13H24N2O2/c16-13(12-3-5-14-6-4-12)2-1-7-15-8-10-17-11-9-15/h12,14H,1-11H2. The Morgan fingerprint density at radius 3 is 2.65 bits per heavy atom. The molecule has 2 aliphatic heterocycles. The van der Waals surface area contributed by atoms with Crippen molar-refractivity contribution in [3.63, 3.8) is 0 Å². The molecule has 0 aromatic heterocycles. The highest BCUT2D eigenvalue weighted by Gasteiger charge is 2.20. The number of carbonyl (C=O) groups is 1. The molecule has 98 valence electrons. The Morgan fingerprint density at radius 2 is 1.94 bits per heavy atom. The van der Waals surface area contributed by atoms with E-state index in [9.17, 15) is 4.79 Å². The third-order valence-electron chi connectivity index (χ3n) is 3.80. The molecule has 17 heavy (non-hydrogen) atoms. The first-order chi connectivity index (χ1) is 8.36. The van der Waals surface area contributed by atoms with Gasteiger partial charge in [-0.05, 0) is 38.9 Å². The van der Waals surface area contributed by atoms with Gasteiger partial charge >= 0.3 is 0 Å². The highest BCUT2D eigenvalue weighted by Crippen LogP contribution is 2.15. The molecule has 0 aliphatic carbocycles. The van der Waals surface area contributed by atoms with E-state index in [2.05, 4.69) is 10.2 Å². The van der Waals surface area contributed by atoms with Gasteiger partial charge in [-0.2, -0.15) is 0 Å². The van der Waals surface area contributed by atoms with Crippen molar-refractivity contribution in [3.05, 3.63) is 0 Å². The van der Waals surface area contributed by atoms with E-state index in [-0.39, 0.29) is 0 Å². The number of hydrogen-bond acceptors (Lipinski definition) is 4. The van der Waals surface area contributed by atoms with Gasteiger partial charge in [0, 0.05) is 25.4 Å². The zero-order valence-corrected chi connectivity index (χ0v) is 10.6. The lowest BCUT2D eigenvalue weighted by molar-refractivity contribution is -0.123. The minimum absolute atomic E-state index is 0.334. The number of ether oxygens (including phenoxy) is 1. The van der Waals surface area contributed by atoms with Crippen LogP contribution in [0.4, 0.5) is 0 Å². The molecule has 0 amide bonds. The van der Waals surface area contributed by atoms with Crippen molar-refractivity contribution >= 4 is 5.78 Å². The summed E-state index contributed by atoms with van der Waals surface area (Å²) in [6.07, 6.45) is 3.86. The van der Waals surface area contributed by atoms with Crippen LogP contribution in [0.15, 0.2) is 0 Å². The van der Waals surface area contributed by atoms with Gasteiger partial charge in [-0.25, -0.2) is 0 Å². The van der Waals surface area contributed by atoms with Crippen molar-refractivity contribution in [3.8, 4) is 0 Å². The molecule has 2 fully saturated rings. The Balaban J connectivity index is 1.58. The average molecular weight is 240 g/mol. The van der Waals surface area contributed by atoms with Crippen LogP contribution >= 0.6 is 0 Å². The molecule has 2 heterocycles. The number of ketones is 1. The molecule has 2 saturated heterocycles. The maximum Gasteiger partial charge on any atom is 0.136 e. The van der Waals surface area contributed by atoms with Crippen LogP contribution in [0, 0.1) is 5.92 Å². The molecule has 0 unspecified atom stereocenters. The number of hydrogen-bond donors (Lipinski definition) is 1. The molecule has 0 radical (unpaired) electrons. The van der Waals surface area contributed by atoms with Crippen molar-refractivity contribution in [2.45, 2.75) is 25.7 Å². The van der Waals surface area contributed by atoms with Gasteiger partial charge in [0.1, 0.15) is 5.78 Å². The first-order valence-electron chi connectivity index (χ1n) is 6.90. The third-order valence-corrected chi connectivity index (χ3v) is 3.80. The van der Waals surface area contributed by atoms with Gasteiger partial charge in [0.25, 0.3) is 0 Å². The fourth-order valence-corrected chi connectivity index (χ4v) is 2.65. The number of nitrogens with one attached hydrogen (secondary N) is 1. The van der Waals surface area contributed by atoms with Crippen molar-refractivity contribution < 1.29 is 9.53 Å². The Morgan fingerprint density at radius 1 is 1.24 bits per heavy atom.